The Bertz CT molecular complexity index is 658. The van der Waals surface area contributed by atoms with E-state index in [2.05, 4.69) is 0 Å². The van der Waals surface area contributed by atoms with E-state index in [1.807, 2.05) is 36.4 Å². The van der Waals surface area contributed by atoms with Crippen LogP contribution in [0.5, 0.6) is 0 Å². The van der Waals surface area contributed by atoms with Crippen molar-refractivity contribution in [3.63, 3.8) is 0 Å². The fraction of sp³-hybridized carbons (Fsp3) is 0.188. The number of anilines is 2. The Kier molecular flexibility index (Phi) is 4.04. The zero-order chi connectivity index (χ0) is 14.8. The minimum absolute atomic E-state index is 0.0325. The summed E-state index contributed by atoms with van der Waals surface area (Å²) in [5.41, 5.74) is 2.70. The summed E-state index contributed by atoms with van der Waals surface area (Å²) in [6.07, 6.45) is 0. The fourth-order valence-corrected chi connectivity index (χ4v) is 2.86. The molecule has 1 fully saturated rings. The summed E-state index contributed by atoms with van der Waals surface area (Å²) >= 11 is 11.9. The van der Waals surface area contributed by atoms with Crippen molar-refractivity contribution < 1.29 is 4.79 Å². The number of para-hydroxylation sites is 1. The van der Waals surface area contributed by atoms with Crippen molar-refractivity contribution in [3.05, 3.63) is 59.1 Å². The predicted octanol–water partition coefficient (Wildman–Crippen LogP) is 4.53. The summed E-state index contributed by atoms with van der Waals surface area (Å²) in [6, 6.07) is 15.0. The number of rotatable bonds is 3. The molecule has 0 saturated carbocycles. The van der Waals surface area contributed by atoms with Crippen LogP contribution in [0.4, 0.5) is 16.2 Å². The molecule has 0 bridgehead atoms. The molecule has 21 heavy (non-hydrogen) atoms. The standard InChI is InChI=1S/C16H14Cl2N2O/c17-11-12-3-1-2-4-15(12)20-10-9-19(16(20)21)14-7-5-13(18)6-8-14/h1-8H,9-11H2. The number of hydrogen-bond acceptors (Lipinski definition) is 1. The van der Waals surface area contributed by atoms with Gasteiger partial charge in [0.05, 0.1) is 0 Å². The van der Waals surface area contributed by atoms with Crippen molar-refractivity contribution in [2.75, 3.05) is 22.9 Å². The molecule has 1 aliphatic heterocycles. The van der Waals surface area contributed by atoms with Crippen LogP contribution in [-0.2, 0) is 5.88 Å². The molecule has 3 rings (SSSR count). The van der Waals surface area contributed by atoms with E-state index in [1.165, 1.54) is 0 Å². The molecule has 0 aromatic heterocycles. The molecule has 1 aliphatic rings. The van der Waals surface area contributed by atoms with E-state index in [0.29, 0.717) is 24.0 Å². The maximum absolute atomic E-state index is 12.6. The molecule has 0 spiro atoms. The van der Waals surface area contributed by atoms with Gasteiger partial charge in [0.15, 0.2) is 0 Å². The van der Waals surface area contributed by atoms with E-state index >= 15 is 0 Å². The molecule has 5 heteroatoms. The summed E-state index contributed by atoms with van der Waals surface area (Å²) in [5, 5.41) is 0.662. The second-order valence-electron chi connectivity index (χ2n) is 4.82. The summed E-state index contributed by atoms with van der Waals surface area (Å²) in [6.45, 7) is 1.30. The Morgan fingerprint density at radius 2 is 1.62 bits per heavy atom. The van der Waals surface area contributed by atoms with Gasteiger partial charge in [-0.3, -0.25) is 9.80 Å². The van der Waals surface area contributed by atoms with Crippen LogP contribution in [0, 0.1) is 0 Å². The number of hydrogen-bond donors (Lipinski definition) is 0. The van der Waals surface area contributed by atoms with Crippen LogP contribution in [0.2, 0.25) is 5.02 Å². The Balaban J connectivity index is 1.88. The van der Waals surface area contributed by atoms with Gasteiger partial charge in [0.25, 0.3) is 0 Å². The number of carbonyl (C=O) groups excluding carboxylic acids is 1. The quantitative estimate of drug-likeness (QED) is 0.762. The Morgan fingerprint density at radius 1 is 0.952 bits per heavy atom. The van der Waals surface area contributed by atoms with Crippen LogP contribution in [0.25, 0.3) is 0 Å². The molecule has 1 heterocycles. The highest BCUT2D eigenvalue weighted by atomic mass is 35.5. The van der Waals surface area contributed by atoms with Gasteiger partial charge in [-0.15, -0.1) is 11.6 Å². The molecule has 0 atom stereocenters. The maximum Gasteiger partial charge on any atom is 0.329 e. The zero-order valence-electron chi connectivity index (χ0n) is 11.3. The van der Waals surface area contributed by atoms with Gasteiger partial charge in [-0.2, -0.15) is 0 Å². The molecule has 2 aromatic rings. The molecule has 1 saturated heterocycles. The Labute approximate surface area is 133 Å². The van der Waals surface area contributed by atoms with Gasteiger partial charge in [0, 0.05) is 35.4 Å². The number of benzene rings is 2. The second-order valence-corrected chi connectivity index (χ2v) is 5.53. The largest absolute Gasteiger partial charge is 0.329 e. The highest BCUT2D eigenvalue weighted by molar-refractivity contribution is 6.30. The van der Waals surface area contributed by atoms with E-state index in [4.69, 9.17) is 23.2 Å². The van der Waals surface area contributed by atoms with Gasteiger partial charge in [-0.1, -0.05) is 29.8 Å². The van der Waals surface area contributed by atoms with E-state index < -0.39 is 0 Å². The number of amides is 2. The summed E-state index contributed by atoms with van der Waals surface area (Å²) in [7, 11) is 0. The Hall–Kier alpha value is -1.71. The molecule has 2 amide bonds. The van der Waals surface area contributed by atoms with Crippen molar-refractivity contribution in [1.29, 1.82) is 0 Å². The molecular formula is C16H14Cl2N2O. The SMILES string of the molecule is O=C1N(c2ccc(Cl)cc2)CCN1c1ccccc1CCl. The first-order valence-corrected chi connectivity index (χ1v) is 7.60. The smallest absolute Gasteiger partial charge is 0.292 e. The van der Waals surface area contributed by atoms with E-state index in [9.17, 15) is 4.79 Å². The van der Waals surface area contributed by atoms with E-state index in [-0.39, 0.29) is 6.03 Å². The van der Waals surface area contributed by atoms with Crippen LogP contribution < -0.4 is 9.80 Å². The van der Waals surface area contributed by atoms with Gasteiger partial charge in [0.2, 0.25) is 0 Å². The van der Waals surface area contributed by atoms with Gasteiger partial charge < -0.3 is 0 Å². The van der Waals surface area contributed by atoms with Crippen molar-refractivity contribution in [2.45, 2.75) is 5.88 Å². The number of alkyl halides is 1. The summed E-state index contributed by atoms with van der Waals surface area (Å²) < 4.78 is 0. The van der Waals surface area contributed by atoms with Crippen molar-refractivity contribution in [3.8, 4) is 0 Å². The minimum atomic E-state index is -0.0325. The monoisotopic (exact) mass is 320 g/mol. The van der Waals surface area contributed by atoms with Crippen LogP contribution in [-0.4, -0.2) is 19.1 Å². The fourth-order valence-electron chi connectivity index (χ4n) is 2.51. The highest BCUT2D eigenvalue weighted by Crippen LogP contribution is 2.29. The lowest BCUT2D eigenvalue weighted by Crippen LogP contribution is -2.32. The molecule has 0 unspecified atom stereocenters. The third-order valence-electron chi connectivity index (χ3n) is 3.57. The van der Waals surface area contributed by atoms with E-state index in [0.717, 1.165) is 16.9 Å². The van der Waals surface area contributed by atoms with Gasteiger partial charge in [0.1, 0.15) is 0 Å². The lowest BCUT2D eigenvalue weighted by molar-refractivity contribution is 0.256. The number of carbonyl (C=O) groups is 1. The molecule has 2 aromatic carbocycles. The lowest BCUT2D eigenvalue weighted by Gasteiger charge is -2.20. The second kappa shape index (κ2) is 5.96. The molecule has 0 radical (unpaired) electrons. The Morgan fingerprint density at radius 3 is 2.33 bits per heavy atom. The van der Waals surface area contributed by atoms with Gasteiger partial charge >= 0.3 is 6.03 Å². The first kappa shape index (κ1) is 14.2. The molecule has 0 N–H and O–H groups in total. The summed E-state index contributed by atoms with van der Waals surface area (Å²) in [4.78, 5) is 16.2. The van der Waals surface area contributed by atoms with Crippen molar-refractivity contribution in [2.24, 2.45) is 0 Å². The van der Waals surface area contributed by atoms with E-state index in [1.54, 1.807) is 21.9 Å². The minimum Gasteiger partial charge on any atom is -0.292 e. The third-order valence-corrected chi connectivity index (χ3v) is 4.11. The van der Waals surface area contributed by atoms with Gasteiger partial charge in [-0.05, 0) is 35.9 Å². The molecule has 3 nitrogen and oxygen atoms in total. The van der Waals surface area contributed by atoms with Gasteiger partial charge in [-0.25, -0.2) is 4.79 Å². The predicted molar refractivity (Wildman–Crippen MR) is 87.5 cm³/mol. The van der Waals surface area contributed by atoms with Crippen LogP contribution in [0.1, 0.15) is 5.56 Å². The molecular weight excluding hydrogens is 307 g/mol. The number of halogens is 2. The topological polar surface area (TPSA) is 23.6 Å². The van der Waals surface area contributed by atoms with Crippen LogP contribution in [0.3, 0.4) is 0 Å². The highest BCUT2D eigenvalue weighted by Gasteiger charge is 2.31. The third kappa shape index (κ3) is 2.71. The van der Waals surface area contributed by atoms with Crippen LogP contribution in [0.15, 0.2) is 48.5 Å². The average Bonchev–Trinajstić information content (AvgIpc) is 2.89. The molecule has 0 aliphatic carbocycles. The molecule has 108 valence electrons. The normalized spacial score (nSPS) is 14.9. The lowest BCUT2D eigenvalue weighted by atomic mass is 10.2. The zero-order valence-corrected chi connectivity index (χ0v) is 12.8. The maximum atomic E-state index is 12.6. The van der Waals surface area contributed by atoms with Crippen molar-refractivity contribution in [1.82, 2.24) is 0 Å². The first-order valence-electron chi connectivity index (χ1n) is 6.69. The first-order chi connectivity index (χ1) is 10.2. The average molecular weight is 321 g/mol. The number of nitrogens with zero attached hydrogens (tertiary/aromatic N) is 2. The summed E-state index contributed by atoms with van der Waals surface area (Å²) in [5.74, 6) is 0.390. The van der Waals surface area contributed by atoms with Crippen LogP contribution >= 0.6 is 23.2 Å². The van der Waals surface area contributed by atoms with Crippen molar-refractivity contribution >= 4 is 40.6 Å². The number of urea groups is 1.